The van der Waals surface area contributed by atoms with Crippen molar-refractivity contribution in [1.29, 1.82) is 0 Å². The molecule has 0 radical (unpaired) electrons. The van der Waals surface area contributed by atoms with Crippen LogP contribution in [0.25, 0.3) is 22.6 Å². The van der Waals surface area contributed by atoms with Gasteiger partial charge in [-0.2, -0.15) is 0 Å². The number of nitrogens with zero attached hydrogens (tertiary/aromatic N) is 5. The van der Waals surface area contributed by atoms with Gasteiger partial charge in [0, 0.05) is 44.4 Å². The van der Waals surface area contributed by atoms with Crippen LogP contribution in [-0.2, 0) is 17.7 Å². The number of benzene rings is 1. The van der Waals surface area contributed by atoms with Crippen molar-refractivity contribution in [3.05, 3.63) is 54.7 Å². The summed E-state index contributed by atoms with van der Waals surface area (Å²) >= 11 is 0. The zero-order chi connectivity index (χ0) is 18.5. The van der Waals surface area contributed by atoms with Gasteiger partial charge >= 0.3 is 0 Å². The zero-order valence-electron chi connectivity index (χ0n) is 15.7. The second kappa shape index (κ2) is 8.41. The minimum absolute atomic E-state index is 0.816. The first kappa shape index (κ1) is 17.8. The highest BCUT2D eigenvalue weighted by Crippen LogP contribution is 2.30. The summed E-state index contributed by atoms with van der Waals surface area (Å²) in [5.74, 6) is 0.854. The Kier molecular flexibility index (Phi) is 5.55. The van der Waals surface area contributed by atoms with E-state index in [1.807, 2.05) is 36.8 Å². The third-order valence-corrected chi connectivity index (χ3v) is 4.91. The van der Waals surface area contributed by atoms with Gasteiger partial charge in [-0.05, 0) is 6.07 Å². The van der Waals surface area contributed by atoms with Gasteiger partial charge in [0.25, 0.3) is 0 Å². The van der Waals surface area contributed by atoms with E-state index in [-0.39, 0.29) is 0 Å². The minimum Gasteiger partial charge on any atom is -0.379 e. The number of imidazole rings is 1. The molecule has 1 aromatic carbocycles. The Morgan fingerprint density at radius 2 is 1.81 bits per heavy atom. The topological polar surface area (TPSA) is 56.1 Å². The first-order valence-corrected chi connectivity index (χ1v) is 9.58. The standard InChI is InChI=1S/C21H25N5O/c1-2-19-22-9-8-18(24-19)21-20(17-6-4-3-5-7-17)23-16-26(21)11-10-25-12-14-27-15-13-25/h3-9,16H,2,10-15H2,1H3. The summed E-state index contributed by atoms with van der Waals surface area (Å²) in [7, 11) is 0. The quantitative estimate of drug-likeness (QED) is 0.674. The molecular formula is C21H25N5O. The molecule has 1 aliphatic heterocycles. The largest absolute Gasteiger partial charge is 0.379 e. The number of hydrogen-bond donors (Lipinski definition) is 0. The molecule has 0 N–H and O–H groups in total. The van der Waals surface area contributed by atoms with Gasteiger partial charge in [-0.15, -0.1) is 0 Å². The van der Waals surface area contributed by atoms with Gasteiger partial charge in [-0.3, -0.25) is 4.90 Å². The Bertz CT molecular complexity index is 871. The van der Waals surface area contributed by atoms with E-state index < -0.39 is 0 Å². The second-order valence-electron chi connectivity index (χ2n) is 6.67. The molecule has 1 aliphatic rings. The smallest absolute Gasteiger partial charge is 0.128 e. The molecule has 1 fully saturated rings. The molecule has 2 aromatic heterocycles. The normalized spacial score (nSPS) is 15.1. The minimum atomic E-state index is 0.816. The van der Waals surface area contributed by atoms with E-state index in [1.165, 1.54) is 0 Å². The molecule has 3 heterocycles. The van der Waals surface area contributed by atoms with Gasteiger partial charge in [0.05, 0.1) is 36.6 Å². The van der Waals surface area contributed by atoms with Crippen LogP contribution in [0.1, 0.15) is 12.7 Å². The van der Waals surface area contributed by atoms with Crippen molar-refractivity contribution < 1.29 is 4.74 Å². The lowest BCUT2D eigenvalue weighted by atomic mass is 10.1. The maximum Gasteiger partial charge on any atom is 0.128 e. The van der Waals surface area contributed by atoms with Crippen LogP contribution in [0.5, 0.6) is 0 Å². The third kappa shape index (κ3) is 4.07. The van der Waals surface area contributed by atoms with Crippen LogP contribution >= 0.6 is 0 Å². The van der Waals surface area contributed by atoms with Crippen LogP contribution in [0.2, 0.25) is 0 Å². The summed E-state index contributed by atoms with van der Waals surface area (Å²) in [4.78, 5) is 16.3. The lowest BCUT2D eigenvalue weighted by Gasteiger charge is -2.26. The molecule has 4 rings (SSSR count). The highest BCUT2D eigenvalue weighted by atomic mass is 16.5. The monoisotopic (exact) mass is 363 g/mol. The molecule has 3 aromatic rings. The molecule has 0 atom stereocenters. The fourth-order valence-electron chi connectivity index (χ4n) is 3.40. The maximum absolute atomic E-state index is 5.45. The van der Waals surface area contributed by atoms with Gasteiger partial charge in [-0.1, -0.05) is 37.3 Å². The van der Waals surface area contributed by atoms with Gasteiger partial charge < -0.3 is 9.30 Å². The fourth-order valence-corrected chi connectivity index (χ4v) is 3.40. The molecule has 0 aliphatic carbocycles. The van der Waals surface area contributed by atoms with E-state index in [1.54, 1.807) is 0 Å². The molecule has 0 unspecified atom stereocenters. The fraction of sp³-hybridized carbons (Fsp3) is 0.381. The van der Waals surface area contributed by atoms with Gasteiger partial charge in [0.15, 0.2) is 0 Å². The van der Waals surface area contributed by atoms with Gasteiger partial charge in [-0.25, -0.2) is 15.0 Å². The molecule has 0 spiro atoms. The Balaban J connectivity index is 1.69. The van der Waals surface area contributed by atoms with Crippen LogP contribution in [0.3, 0.4) is 0 Å². The number of aryl methyl sites for hydroxylation is 1. The predicted octanol–water partition coefficient (Wildman–Crippen LogP) is 2.90. The van der Waals surface area contributed by atoms with E-state index >= 15 is 0 Å². The first-order valence-electron chi connectivity index (χ1n) is 9.58. The van der Waals surface area contributed by atoms with E-state index in [0.29, 0.717) is 0 Å². The summed E-state index contributed by atoms with van der Waals surface area (Å²) < 4.78 is 7.68. The first-order chi connectivity index (χ1) is 13.3. The lowest BCUT2D eigenvalue weighted by Crippen LogP contribution is -2.38. The Hall–Kier alpha value is -2.57. The number of aromatic nitrogens is 4. The lowest BCUT2D eigenvalue weighted by molar-refractivity contribution is 0.0364. The average molecular weight is 363 g/mol. The van der Waals surface area contributed by atoms with Crippen molar-refractivity contribution in [2.75, 3.05) is 32.8 Å². The molecule has 6 heteroatoms. The highest BCUT2D eigenvalue weighted by Gasteiger charge is 2.18. The van der Waals surface area contributed by atoms with Crippen molar-refractivity contribution in [2.45, 2.75) is 19.9 Å². The van der Waals surface area contributed by atoms with Crippen molar-refractivity contribution in [2.24, 2.45) is 0 Å². The van der Waals surface area contributed by atoms with Crippen molar-refractivity contribution in [3.8, 4) is 22.6 Å². The Labute approximate surface area is 159 Å². The predicted molar refractivity (Wildman–Crippen MR) is 105 cm³/mol. The molecule has 27 heavy (non-hydrogen) atoms. The second-order valence-corrected chi connectivity index (χ2v) is 6.67. The van der Waals surface area contributed by atoms with Crippen molar-refractivity contribution in [3.63, 3.8) is 0 Å². The molecule has 6 nitrogen and oxygen atoms in total. The SMILES string of the molecule is CCc1nccc(-c2c(-c3ccccc3)ncn2CCN2CCOCC2)n1. The van der Waals surface area contributed by atoms with Crippen LogP contribution in [0, 0.1) is 0 Å². The van der Waals surface area contributed by atoms with Crippen molar-refractivity contribution in [1.82, 2.24) is 24.4 Å². The Morgan fingerprint density at radius 3 is 2.59 bits per heavy atom. The van der Waals surface area contributed by atoms with E-state index in [4.69, 9.17) is 14.7 Å². The molecular weight excluding hydrogens is 338 g/mol. The highest BCUT2D eigenvalue weighted by molar-refractivity contribution is 5.76. The number of morpholine rings is 1. The van der Waals surface area contributed by atoms with Gasteiger partial charge in [0.2, 0.25) is 0 Å². The number of hydrogen-bond acceptors (Lipinski definition) is 5. The average Bonchev–Trinajstić information content (AvgIpc) is 3.18. The summed E-state index contributed by atoms with van der Waals surface area (Å²) in [5.41, 5.74) is 4.07. The molecule has 140 valence electrons. The number of ether oxygens (including phenoxy) is 1. The van der Waals surface area contributed by atoms with E-state index in [2.05, 4.69) is 33.5 Å². The van der Waals surface area contributed by atoms with Crippen LogP contribution < -0.4 is 0 Å². The van der Waals surface area contributed by atoms with Crippen LogP contribution in [0.15, 0.2) is 48.9 Å². The molecule has 0 bridgehead atoms. The molecule has 1 saturated heterocycles. The summed E-state index contributed by atoms with van der Waals surface area (Å²) in [6.07, 6.45) is 4.59. The zero-order valence-corrected chi connectivity index (χ0v) is 15.7. The number of rotatable bonds is 6. The summed E-state index contributed by atoms with van der Waals surface area (Å²) in [6.45, 7) is 7.54. The van der Waals surface area contributed by atoms with E-state index in [9.17, 15) is 0 Å². The summed E-state index contributed by atoms with van der Waals surface area (Å²) in [5, 5.41) is 0. The van der Waals surface area contributed by atoms with Crippen LogP contribution in [0.4, 0.5) is 0 Å². The molecule has 0 amide bonds. The summed E-state index contributed by atoms with van der Waals surface area (Å²) in [6, 6.07) is 12.3. The third-order valence-electron chi connectivity index (χ3n) is 4.91. The van der Waals surface area contributed by atoms with Crippen LogP contribution in [-0.4, -0.2) is 57.3 Å². The van der Waals surface area contributed by atoms with Gasteiger partial charge in [0.1, 0.15) is 5.82 Å². The Morgan fingerprint density at radius 1 is 1.00 bits per heavy atom. The maximum atomic E-state index is 5.45. The van der Waals surface area contributed by atoms with E-state index in [0.717, 1.165) is 74.3 Å². The molecule has 0 saturated carbocycles. The van der Waals surface area contributed by atoms with Crippen molar-refractivity contribution >= 4 is 0 Å².